The van der Waals surface area contributed by atoms with Crippen LogP contribution in [0.25, 0.3) is 0 Å². The summed E-state index contributed by atoms with van der Waals surface area (Å²) in [5.74, 6) is 2.46. The van der Waals surface area contributed by atoms with Crippen LogP contribution in [0.4, 0.5) is 0 Å². The Morgan fingerprint density at radius 2 is 1.94 bits per heavy atom. The van der Waals surface area contributed by atoms with E-state index in [1.165, 1.54) is 32.1 Å². The van der Waals surface area contributed by atoms with Gasteiger partial charge < -0.3 is 5.32 Å². The summed E-state index contributed by atoms with van der Waals surface area (Å²) in [7, 11) is 0. The Balaban J connectivity index is 1.74. The quantitative estimate of drug-likeness (QED) is 0.798. The average Bonchev–Trinajstić information content (AvgIpc) is 2.94. The lowest BCUT2D eigenvalue weighted by molar-refractivity contribution is -0.122. The molecule has 0 heterocycles. The lowest BCUT2D eigenvalue weighted by Crippen LogP contribution is -2.33. The van der Waals surface area contributed by atoms with Crippen molar-refractivity contribution in [2.24, 2.45) is 23.2 Å². The Morgan fingerprint density at radius 1 is 1.24 bits per heavy atom. The van der Waals surface area contributed by atoms with Crippen LogP contribution in [0.5, 0.6) is 0 Å². The third-order valence-electron chi connectivity index (χ3n) is 4.24. The van der Waals surface area contributed by atoms with Gasteiger partial charge in [-0.15, -0.1) is 0 Å². The molecule has 0 spiro atoms. The topological polar surface area (TPSA) is 29.1 Å². The molecule has 2 heteroatoms. The van der Waals surface area contributed by atoms with Gasteiger partial charge in [0.05, 0.1) is 0 Å². The monoisotopic (exact) mass is 237 g/mol. The fourth-order valence-electron chi connectivity index (χ4n) is 3.61. The molecular formula is C15H27NO. The third-order valence-corrected chi connectivity index (χ3v) is 4.24. The van der Waals surface area contributed by atoms with E-state index in [9.17, 15) is 4.79 Å². The lowest BCUT2D eigenvalue weighted by Gasteiger charge is -2.38. The van der Waals surface area contributed by atoms with E-state index in [1.54, 1.807) is 0 Å². The van der Waals surface area contributed by atoms with Crippen molar-refractivity contribution in [1.82, 2.24) is 5.32 Å². The van der Waals surface area contributed by atoms with Crippen LogP contribution in [0.3, 0.4) is 0 Å². The normalized spacial score (nSPS) is 32.2. The molecule has 0 bridgehead atoms. The van der Waals surface area contributed by atoms with Crippen molar-refractivity contribution in [3.63, 3.8) is 0 Å². The highest BCUT2D eigenvalue weighted by atomic mass is 16.1. The molecule has 2 fully saturated rings. The largest absolute Gasteiger partial charge is 0.356 e. The molecule has 98 valence electrons. The molecule has 2 saturated carbocycles. The standard InChI is InChI=1S/C15H27NO/c1-11-6-13(9-15(2,3)8-11)7-14(17)16-10-12-4-5-12/h11-13H,4-10H2,1-3H3,(H,16,17)/t11-,13+/m1/s1. The number of carbonyl (C=O) groups excluding carboxylic acids is 1. The van der Waals surface area contributed by atoms with Crippen molar-refractivity contribution in [2.75, 3.05) is 6.54 Å². The lowest BCUT2D eigenvalue weighted by atomic mass is 9.67. The number of nitrogens with one attached hydrogen (secondary N) is 1. The van der Waals surface area contributed by atoms with Crippen molar-refractivity contribution in [2.45, 2.75) is 59.3 Å². The van der Waals surface area contributed by atoms with E-state index in [4.69, 9.17) is 0 Å². The first-order valence-electron chi connectivity index (χ1n) is 7.21. The van der Waals surface area contributed by atoms with Crippen LogP contribution in [0, 0.1) is 23.2 Å². The zero-order valence-electron chi connectivity index (χ0n) is 11.6. The van der Waals surface area contributed by atoms with E-state index in [0.29, 0.717) is 11.3 Å². The van der Waals surface area contributed by atoms with Crippen LogP contribution in [-0.4, -0.2) is 12.5 Å². The van der Waals surface area contributed by atoms with Crippen molar-refractivity contribution in [1.29, 1.82) is 0 Å². The molecule has 2 rings (SSSR count). The molecule has 0 saturated heterocycles. The van der Waals surface area contributed by atoms with Crippen LogP contribution in [-0.2, 0) is 4.79 Å². The summed E-state index contributed by atoms with van der Waals surface area (Å²) < 4.78 is 0. The van der Waals surface area contributed by atoms with Crippen molar-refractivity contribution in [3.05, 3.63) is 0 Å². The molecule has 0 unspecified atom stereocenters. The summed E-state index contributed by atoms with van der Waals surface area (Å²) >= 11 is 0. The molecular weight excluding hydrogens is 210 g/mol. The second kappa shape index (κ2) is 4.99. The Bertz CT molecular complexity index is 281. The maximum absolute atomic E-state index is 11.9. The number of carbonyl (C=O) groups is 1. The minimum atomic E-state index is 0.284. The summed E-state index contributed by atoms with van der Waals surface area (Å²) in [5.41, 5.74) is 0.430. The minimum Gasteiger partial charge on any atom is -0.356 e. The van der Waals surface area contributed by atoms with Gasteiger partial charge >= 0.3 is 0 Å². The zero-order valence-corrected chi connectivity index (χ0v) is 11.6. The summed E-state index contributed by atoms with van der Waals surface area (Å²) in [5, 5.41) is 3.10. The third kappa shape index (κ3) is 4.33. The van der Waals surface area contributed by atoms with Gasteiger partial charge in [-0.05, 0) is 55.3 Å². The fourth-order valence-corrected chi connectivity index (χ4v) is 3.61. The van der Waals surface area contributed by atoms with Gasteiger partial charge in [0.15, 0.2) is 0 Å². The van der Waals surface area contributed by atoms with E-state index in [1.807, 2.05) is 0 Å². The second-order valence-corrected chi connectivity index (χ2v) is 7.23. The van der Waals surface area contributed by atoms with Crippen LogP contribution < -0.4 is 5.32 Å². The molecule has 0 aromatic rings. The molecule has 0 radical (unpaired) electrons. The van der Waals surface area contributed by atoms with Crippen molar-refractivity contribution >= 4 is 5.91 Å². The average molecular weight is 237 g/mol. The first-order chi connectivity index (χ1) is 7.94. The summed E-state index contributed by atoms with van der Waals surface area (Å²) in [6.07, 6.45) is 7.14. The van der Waals surface area contributed by atoms with Gasteiger partial charge in [-0.2, -0.15) is 0 Å². The van der Waals surface area contributed by atoms with Gasteiger partial charge in [0, 0.05) is 13.0 Å². The van der Waals surface area contributed by atoms with Gasteiger partial charge in [-0.3, -0.25) is 4.79 Å². The Kier molecular flexibility index (Phi) is 3.79. The number of hydrogen-bond donors (Lipinski definition) is 1. The number of rotatable bonds is 4. The molecule has 2 aliphatic carbocycles. The Morgan fingerprint density at radius 3 is 2.53 bits per heavy atom. The second-order valence-electron chi connectivity index (χ2n) is 7.23. The predicted molar refractivity (Wildman–Crippen MR) is 70.6 cm³/mol. The first kappa shape index (κ1) is 12.9. The minimum absolute atomic E-state index is 0.284. The smallest absolute Gasteiger partial charge is 0.220 e. The van der Waals surface area contributed by atoms with Gasteiger partial charge in [-0.1, -0.05) is 20.8 Å². The summed E-state index contributed by atoms with van der Waals surface area (Å²) in [6.45, 7) is 7.94. The highest BCUT2D eigenvalue weighted by Gasteiger charge is 2.33. The highest BCUT2D eigenvalue weighted by Crippen LogP contribution is 2.42. The molecule has 0 aromatic carbocycles. The van der Waals surface area contributed by atoms with Gasteiger partial charge in [0.25, 0.3) is 0 Å². The zero-order chi connectivity index (χ0) is 12.5. The Labute approximate surface area is 106 Å². The summed E-state index contributed by atoms with van der Waals surface area (Å²) in [6, 6.07) is 0. The van der Waals surface area contributed by atoms with Crippen LogP contribution in [0.2, 0.25) is 0 Å². The maximum atomic E-state index is 11.9. The molecule has 1 N–H and O–H groups in total. The SMILES string of the molecule is C[C@@H]1C[C@@H](CC(=O)NCC2CC2)CC(C)(C)C1. The molecule has 2 aliphatic rings. The highest BCUT2D eigenvalue weighted by molar-refractivity contribution is 5.76. The maximum Gasteiger partial charge on any atom is 0.220 e. The molecule has 1 amide bonds. The van der Waals surface area contributed by atoms with E-state index < -0.39 is 0 Å². The molecule has 17 heavy (non-hydrogen) atoms. The summed E-state index contributed by atoms with van der Waals surface area (Å²) in [4.78, 5) is 11.9. The van der Waals surface area contributed by atoms with Gasteiger partial charge in [0.1, 0.15) is 0 Å². The first-order valence-corrected chi connectivity index (χ1v) is 7.21. The fraction of sp³-hybridized carbons (Fsp3) is 0.933. The molecule has 2 atom stereocenters. The number of amides is 1. The van der Waals surface area contributed by atoms with Crippen LogP contribution >= 0.6 is 0 Å². The van der Waals surface area contributed by atoms with Crippen molar-refractivity contribution < 1.29 is 4.79 Å². The molecule has 2 nitrogen and oxygen atoms in total. The van der Waals surface area contributed by atoms with Crippen molar-refractivity contribution in [3.8, 4) is 0 Å². The Hall–Kier alpha value is -0.530. The predicted octanol–water partition coefficient (Wildman–Crippen LogP) is 3.37. The van der Waals surface area contributed by atoms with Crippen LogP contribution in [0.1, 0.15) is 59.3 Å². The van der Waals surface area contributed by atoms with E-state index in [-0.39, 0.29) is 5.91 Å². The van der Waals surface area contributed by atoms with Crippen LogP contribution in [0.15, 0.2) is 0 Å². The van der Waals surface area contributed by atoms with E-state index in [2.05, 4.69) is 26.1 Å². The van der Waals surface area contributed by atoms with Gasteiger partial charge in [-0.25, -0.2) is 0 Å². The van der Waals surface area contributed by atoms with Gasteiger partial charge in [0.2, 0.25) is 5.91 Å². The van der Waals surface area contributed by atoms with E-state index >= 15 is 0 Å². The molecule has 0 aromatic heterocycles. The van der Waals surface area contributed by atoms with E-state index in [0.717, 1.165) is 24.8 Å². The number of hydrogen-bond acceptors (Lipinski definition) is 1. The molecule has 0 aliphatic heterocycles.